The fourth-order valence-electron chi connectivity index (χ4n) is 3.07. The largest absolute Gasteiger partial charge is 0.231 e. The van der Waals surface area contributed by atoms with Crippen LogP contribution in [0.5, 0.6) is 0 Å². The molecule has 0 amide bonds. The summed E-state index contributed by atoms with van der Waals surface area (Å²) in [6.45, 7) is 2.09. The van der Waals surface area contributed by atoms with Gasteiger partial charge in [-0.25, -0.2) is 9.99 Å². The van der Waals surface area contributed by atoms with Gasteiger partial charge in [0.25, 0.3) is 0 Å². The number of hydrogen-bond acceptors (Lipinski definition) is 5. The number of rotatable bonds is 4. The minimum absolute atomic E-state index is 0.215. The molecule has 1 atom stereocenters. The number of hydrazone groups is 1. The third-order valence-corrected chi connectivity index (χ3v) is 6.44. The lowest BCUT2D eigenvalue weighted by molar-refractivity contribution is 0.705. The van der Waals surface area contributed by atoms with Crippen LogP contribution in [0.4, 0.5) is 5.13 Å². The molecule has 1 aliphatic rings. The summed E-state index contributed by atoms with van der Waals surface area (Å²) in [6, 6.07) is 17.2. The summed E-state index contributed by atoms with van der Waals surface area (Å²) in [4.78, 5) is 6.14. The fraction of sp³-hybridized carbons (Fsp3) is 0.200. The van der Waals surface area contributed by atoms with Gasteiger partial charge in [0.2, 0.25) is 5.13 Å². The Kier molecular flexibility index (Phi) is 5.16. The van der Waals surface area contributed by atoms with Gasteiger partial charge < -0.3 is 0 Å². The van der Waals surface area contributed by atoms with E-state index in [1.165, 1.54) is 10.5 Å². The van der Waals surface area contributed by atoms with Gasteiger partial charge in [-0.3, -0.25) is 0 Å². The van der Waals surface area contributed by atoms with Gasteiger partial charge in [-0.05, 0) is 43.0 Å². The summed E-state index contributed by atoms with van der Waals surface area (Å²) in [5.74, 6) is 0. The zero-order valence-electron chi connectivity index (χ0n) is 14.5. The molecule has 0 radical (unpaired) electrons. The number of aromatic nitrogens is 1. The number of thiazole rings is 1. The van der Waals surface area contributed by atoms with Gasteiger partial charge >= 0.3 is 0 Å². The SMILES string of the molecule is CSc1ccc(C2CC(C)=NN2c2nc(-c3cccc(Br)c3)cs2)cc1. The van der Waals surface area contributed by atoms with Crippen LogP contribution in [0.3, 0.4) is 0 Å². The highest BCUT2D eigenvalue weighted by molar-refractivity contribution is 9.10. The van der Waals surface area contributed by atoms with E-state index in [1.54, 1.807) is 23.1 Å². The van der Waals surface area contributed by atoms with Crippen molar-refractivity contribution < 1.29 is 0 Å². The number of thioether (sulfide) groups is 1. The molecule has 6 heteroatoms. The lowest BCUT2D eigenvalue weighted by Crippen LogP contribution is -2.18. The molecule has 0 aliphatic carbocycles. The minimum atomic E-state index is 0.215. The Morgan fingerprint density at radius 3 is 2.73 bits per heavy atom. The van der Waals surface area contributed by atoms with Crippen LogP contribution < -0.4 is 5.01 Å². The maximum absolute atomic E-state index is 4.86. The van der Waals surface area contributed by atoms with Gasteiger partial charge in [-0.15, -0.1) is 23.1 Å². The predicted molar refractivity (Wildman–Crippen MR) is 116 cm³/mol. The summed E-state index contributed by atoms with van der Waals surface area (Å²) in [7, 11) is 0. The zero-order valence-corrected chi connectivity index (χ0v) is 17.7. The van der Waals surface area contributed by atoms with Crippen molar-refractivity contribution in [3.63, 3.8) is 0 Å². The molecule has 3 nitrogen and oxygen atoms in total. The second-order valence-electron chi connectivity index (χ2n) is 6.20. The maximum Gasteiger partial charge on any atom is 0.207 e. The molecule has 1 aliphatic heterocycles. The first-order valence-electron chi connectivity index (χ1n) is 8.33. The van der Waals surface area contributed by atoms with E-state index in [2.05, 4.69) is 75.9 Å². The molecule has 2 aromatic carbocycles. The Balaban J connectivity index is 1.64. The number of halogens is 1. The molecule has 132 valence electrons. The number of hydrogen-bond donors (Lipinski definition) is 0. The van der Waals surface area contributed by atoms with Crippen molar-refractivity contribution in [2.24, 2.45) is 5.10 Å². The molecule has 0 saturated heterocycles. The van der Waals surface area contributed by atoms with E-state index in [1.807, 2.05) is 12.1 Å². The highest BCUT2D eigenvalue weighted by atomic mass is 79.9. The van der Waals surface area contributed by atoms with Gasteiger partial charge in [-0.2, -0.15) is 5.10 Å². The Morgan fingerprint density at radius 2 is 2.00 bits per heavy atom. The van der Waals surface area contributed by atoms with Crippen LogP contribution in [0.1, 0.15) is 24.9 Å². The monoisotopic (exact) mass is 443 g/mol. The number of benzene rings is 2. The smallest absolute Gasteiger partial charge is 0.207 e. The quantitative estimate of drug-likeness (QED) is 0.424. The van der Waals surface area contributed by atoms with Crippen molar-refractivity contribution in [1.29, 1.82) is 0 Å². The predicted octanol–water partition coefficient (Wildman–Crippen LogP) is 6.62. The van der Waals surface area contributed by atoms with E-state index < -0.39 is 0 Å². The van der Waals surface area contributed by atoms with Gasteiger partial charge in [0.1, 0.15) is 0 Å². The normalized spacial score (nSPS) is 16.8. The zero-order chi connectivity index (χ0) is 18.1. The molecule has 4 rings (SSSR count). The van der Waals surface area contributed by atoms with Crippen LogP contribution in [0, 0.1) is 0 Å². The van der Waals surface area contributed by atoms with Crippen LogP contribution in [0.15, 0.2) is 68.4 Å². The Hall–Kier alpha value is -1.63. The molecule has 2 heterocycles. The van der Waals surface area contributed by atoms with Crippen LogP contribution in [-0.4, -0.2) is 17.0 Å². The van der Waals surface area contributed by atoms with Crippen molar-refractivity contribution in [3.05, 3.63) is 63.9 Å². The van der Waals surface area contributed by atoms with Crippen LogP contribution in [0.2, 0.25) is 0 Å². The van der Waals surface area contributed by atoms with Crippen molar-refractivity contribution in [2.45, 2.75) is 24.3 Å². The molecule has 3 aromatic rings. The van der Waals surface area contributed by atoms with E-state index in [0.29, 0.717) is 0 Å². The van der Waals surface area contributed by atoms with E-state index >= 15 is 0 Å². The first kappa shape index (κ1) is 17.8. The Bertz CT molecular complexity index is 950. The molecule has 26 heavy (non-hydrogen) atoms. The summed E-state index contributed by atoms with van der Waals surface area (Å²) in [5.41, 5.74) is 4.52. The summed E-state index contributed by atoms with van der Waals surface area (Å²) < 4.78 is 1.06. The molecule has 1 aromatic heterocycles. The fourth-order valence-corrected chi connectivity index (χ4v) is 4.71. The molecule has 0 spiro atoms. The molecule has 0 saturated carbocycles. The van der Waals surface area contributed by atoms with E-state index in [9.17, 15) is 0 Å². The molecule has 0 bridgehead atoms. The summed E-state index contributed by atoms with van der Waals surface area (Å²) in [5, 5.41) is 9.89. The minimum Gasteiger partial charge on any atom is -0.231 e. The lowest BCUT2D eigenvalue weighted by atomic mass is 10.0. The molecule has 0 fully saturated rings. The van der Waals surface area contributed by atoms with Gasteiger partial charge in [0.05, 0.1) is 11.7 Å². The average Bonchev–Trinajstić information content (AvgIpc) is 3.28. The van der Waals surface area contributed by atoms with Gasteiger partial charge in [0, 0.05) is 32.4 Å². The van der Waals surface area contributed by atoms with Crippen LogP contribution in [0.25, 0.3) is 11.3 Å². The maximum atomic E-state index is 4.86. The molecule has 1 unspecified atom stereocenters. The summed E-state index contributed by atoms with van der Waals surface area (Å²) >= 11 is 6.94. The highest BCUT2D eigenvalue weighted by Crippen LogP contribution is 2.38. The van der Waals surface area contributed by atoms with E-state index in [-0.39, 0.29) is 6.04 Å². The van der Waals surface area contributed by atoms with Crippen molar-refractivity contribution >= 4 is 49.9 Å². The Labute approximate surface area is 170 Å². The topological polar surface area (TPSA) is 28.5 Å². The molecular formula is C20H18BrN3S2. The first-order chi connectivity index (χ1) is 12.6. The highest BCUT2D eigenvalue weighted by Gasteiger charge is 2.29. The van der Waals surface area contributed by atoms with E-state index in [4.69, 9.17) is 10.1 Å². The average molecular weight is 444 g/mol. The summed E-state index contributed by atoms with van der Waals surface area (Å²) in [6.07, 6.45) is 3.04. The van der Waals surface area contributed by atoms with Gasteiger partial charge in [-0.1, -0.05) is 40.2 Å². The third-order valence-electron chi connectivity index (χ3n) is 4.37. The third kappa shape index (κ3) is 3.59. The van der Waals surface area contributed by atoms with Crippen LogP contribution >= 0.6 is 39.0 Å². The Morgan fingerprint density at radius 1 is 1.19 bits per heavy atom. The number of nitrogens with zero attached hydrogens (tertiary/aromatic N) is 3. The van der Waals surface area contributed by atoms with E-state index in [0.717, 1.165) is 33.0 Å². The second kappa shape index (κ2) is 7.55. The first-order valence-corrected chi connectivity index (χ1v) is 11.2. The van der Waals surface area contributed by atoms with Gasteiger partial charge in [0.15, 0.2) is 0 Å². The van der Waals surface area contributed by atoms with Crippen molar-refractivity contribution in [1.82, 2.24) is 4.98 Å². The van der Waals surface area contributed by atoms with Crippen LogP contribution in [-0.2, 0) is 0 Å². The number of anilines is 1. The van der Waals surface area contributed by atoms with Crippen molar-refractivity contribution in [3.8, 4) is 11.3 Å². The molecule has 0 N–H and O–H groups in total. The standard InChI is InChI=1S/C20H18BrN3S2/c1-13-10-19(14-6-8-17(25-2)9-7-14)24(23-13)20-22-18(12-26-20)15-4-3-5-16(21)11-15/h3-9,11-12,19H,10H2,1-2H3. The lowest BCUT2D eigenvalue weighted by Gasteiger charge is -2.21. The second-order valence-corrected chi connectivity index (χ2v) is 8.83. The molecular weight excluding hydrogens is 426 g/mol. The van der Waals surface area contributed by atoms with Crippen molar-refractivity contribution in [2.75, 3.05) is 11.3 Å².